The number of fused-ring (bicyclic) bond motifs is 1. The lowest BCUT2D eigenvalue weighted by molar-refractivity contribution is -0.130. The minimum Gasteiger partial charge on any atom is -0.399 e. The molecule has 1 aromatic carbocycles. The fourth-order valence-electron chi connectivity index (χ4n) is 3.53. The van der Waals surface area contributed by atoms with Gasteiger partial charge in [0, 0.05) is 31.1 Å². The lowest BCUT2D eigenvalue weighted by atomic mass is 10.00. The third kappa shape index (κ3) is 2.66. The van der Waals surface area contributed by atoms with Crippen molar-refractivity contribution in [3.05, 3.63) is 29.8 Å². The average molecular weight is 274 g/mol. The first-order valence-corrected chi connectivity index (χ1v) is 7.44. The van der Waals surface area contributed by atoms with E-state index in [0.717, 1.165) is 43.6 Å². The first-order chi connectivity index (χ1) is 9.63. The number of aliphatic hydroxyl groups excluding tert-OH is 1. The van der Waals surface area contributed by atoms with Crippen molar-refractivity contribution in [3.8, 4) is 0 Å². The molecule has 1 aromatic rings. The molecule has 1 heterocycles. The average Bonchev–Trinajstić information content (AvgIpc) is 3.01. The molecule has 2 aliphatic rings. The number of carbonyl (C=O) groups is 1. The molecule has 3 N–H and O–H groups in total. The Morgan fingerprint density at radius 2 is 2.00 bits per heavy atom. The van der Waals surface area contributed by atoms with Crippen LogP contribution in [0.5, 0.6) is 0 Å². The molecule has 4 heteroatoms. The number of likely N-dealkylation sites (tertiary alicyclic amines) is 1. The predicted molar refractivity (Wildman–Crippen MR) is 78.0 cm³/mol. The summed E-state index contributed by atoms with van der Waals surface area (Å²) in [6.07, 6.45) is 3.07. The Balaban J connectivity index is 1.52. The maximum absolute atomic E-state index is 12.2. The molecule has 0 radical (unpaired) electrons. The first kappa shape index (κ1) is 13.4. The number of nitrogens with zero attached hydrogens (tertiary/aromatic N) is 1. The fraction of sp³-hybridized carbons (Fsp3) is 0.562. The molecule has 3 atom stereocenters. The molecule has 0 bridgehead atoms. The van der Waals surface area contributed by atoms with Gasteiger partial charge in [-0.25, -0.2) is 0 Å². The van der Waals surface area contributed by atoms with Gasteiger partial charge >= 0.3 is 0 Å². The molecule has 0 spiro atoms. The van der Waals surface area contributed by atoms with E-state index in [4.69, 9.17) is 5.73 Å². The Labute approximate surface area is 119 Å². The van der Waals surface area contributed by atoms with Crippen LogP contribution in [0.1, 0.15) is 24.8 Å². The molecule has 108 valence electrons. The third-order valence-corrected chi connectivity index (χ3v) is 4.78. The van der Waals surface area contributed by atoms with Gasteiger partial charge in [-0.15, -0.1) is 0 Å². The van der Waals surface area contributed by atoms with Gasteiger partial charge in [0.25, 0.3) is 0 Å². The highest BCUT2D eigenvalue weighted by atomic mass is 16.3. The zero-order valence-electron chi connectivity index (χ0n) is 11.7. The standard InChI is InChI=1S/C16H22N2O2/c17-13-5-1-11(2-6-13)3-8-16(20)18-9-12-4-7-15(19)14(12)10-18/h1-2,5-6,12,14-15,19H,3-4,7-10,17H2. The summed E-state index contributed by atoms with van der Waals surface area (Å²) in [4.78, 5) is 14.2. The molecule has 2 fully saturated rings. The molecule has 20 heavy (non-hydrogen) atoms. The molecule has 1 saturated carbocycles. The van der Waals surface area contributed by atoms with Crippen LogP contribution >= 0.6 is 0 Å². The summed E-state index contributed by atoms with van der Waals surface area (Å²) in [6.45, 7) is 1.58. The van der Waals surface area contributed by atoms with E-state index >= 15 is 0 Å². The van der Waals surface area contributed by atoms with E-state index in [1.54, 1.807) is 0 Å². The molecule has 3 unspecified atom stereocenters. The van der Waals surface area contributed by atoms with Crippen molar-refractivity contribution in [1.29, 1.82) is 0 Å². The Bertz CT molecular complexity index is 486. The van der Waals surface area contributed by atoms with Gasteiger partial charge in [-0.05, 0) is 42.9 Å². The topological polar surface area (TPSA) is 66.6 Å². The molecular weight excluding hydrogens is 252 g/mol. The zero-order chi connectivity index (χ0) is 14.1. The van der Waals surface area contributed by atoms with Crippen LogP contribution in [0.25, 0.3) is 0 Å². The number of nitrogens with two attached hydrogens (primary N) is 1. The van der Waals surface area contributed by atoms with Crippen LogP contribution in [0, 0.1) is 11.8 Å². The Morgan fingerprint density at radius 3 is 2.70 bits per heavy atom. The van der Waals surface area contributed by atoms with Crippen LogP contribution in [-0.4, -0.2) is 35.1 Å². The van der Waals surface area contributed by atoms with Crippen LogP contribution in [0.15, 0.2) is 24.3 Å². The second-order valence-electron chi connectivity index (χ2n) is 6.11. The highest BCUT2D eigenvalue weighted by Gasteiger charge is 2.42. The van der Waals surface area contributed by atoms with Crippen molar-refractivity contribution in [2.75, 3.05) is 18.8 Å². The number of benzene rings is 1. The van der Waals surface area contributed by atoms with E-state index in [-0.39, 0.29) is 12.0 Å². The third-order valence-electron chi connectivity index (χ3n) is 4.78. The molecule has 4 nitrogen and oxygen atoms in total. The first-order valence-electron chi connectivity index (χ1n) is 7.44. The van der Waals surface area contributed by atoms with Gasteiger partial charge in [0.1, 0.15) is 0 Å². The minimum absolute atomic E-state index is 0.199. The summed E-state index contributed by atoms with van der Waals surface area (Å²) in [7, 11) is 0. The van der Waals surface area contributed by atoms with Crippen molar-refractivity contribution in [2.24, 2.45) is 11.8 Å². The smallest absolute Gasteiger partial charge is 0.222 e. The quantitative estimate of drug-likeness (QED) is 0.819. The molecule has 1 aliphatic heterocycles. The fourth-order valence-corrected chi connectivity index (χ4v) is 3.53. The number of aliphatic hydroxyl groups is 1. The molecule has 1 aliphatic carbocycles. The Kier molecular flexibility index (Phi) is 3.66. The number of hydrogen-bond acceptors (Lipinski definition) is 3. The van der Waals surface area contributed by atoms with E-state index in [9.17, 15) is 9.90 Å². The maximum Gasteiger partial charge on any atom is 0.222 e. The number of aryl methyl sites for hydroxylation is 1. The van der Waals surface area contributed by atoms with Crippen molar-refractivity contribution in [1.82, 2.24) is 4.90 Å². The highest BCUT2D eigenvalue weighted by Crippen LogP contribution is 2.38. The predicted octanol–water partition coefficient (Wildman–Crippen LogP) is 1.43. The Hall–Kier alpha value is -1.55. The van der Waals surface area contributed by atoms with Crippen molar-refractivity contribution in [2.45, 2.75) is 31.8 Å². The van der Waals surface area contributed by atoms with Crippen LogP contribution in [0.2, 0.25) is 0 Å². The van der Waals surface area contributed by atoms with Gasteiger partial charge in [-0.3, -0.25) is 4.79 Å². The molecule has 1 amide bonds. The van der Waals surface area contributed by atoms with Crippen molar-refractivity contribution in [3.63, 3.8) is 0 Å². The maximum atomic E-state index is 12.2. The normalized spacial score (nSPS) is 28.6. The number of anilines is 1. The lowest BCUT2D eigenvalue weighted by Crippen LogP contribution is -2.31. The summed E-state index contributed by atoms with van der Waals surface area (Å²) >= 11 is 0. The summed E-state index contributed by atoms with van der Waals surface area (Å²) < 4.78 is 0. The SMILES string of the molecule is Nc1ccc(CCC(=O)N2CC3CCC(O)C3C2)cc1. The van der Waals surface area contributed by atoms with E-state index in [1.807, 2.05) is 29.2 Å². The van der Waals surface area contributed by atoms with E-state index in [2.05, 4.69) is 0 Å². The van der Waals surface area contributed by atoms with Crippen LogP contribution in [0.3, 0.4) is 0 Å². The van der Waals surface area contributed by atoms with E-state index in [0.29, 0.717) is 18.3 Å². The second-order valence-corrected chi connectivity index (χ2v) is 6.11. The van der Waals surface area contributed by atoms with E-state index < -0.39 is 0 Å². The number of hydrogen-bond donors (Lipinski definition) is 2. The van der Waals surface area contributed by atoms with Gasteiger partial charge in [0.15, 0.2) is 0 Å². The van der Waals surface area contributed by atoms with Gasteiger partial charge in [-0.2, -0.15) is 0 Å². The number of nitrogen functional groups attached to an aromatic ring is 1. The van der Waals surface area contributed by atoms with Crippen LogP contribution in [0.4, 0.5) is 5.69 Å². The summed E-state index contributed by atoms with van der Waals surface area (Å²) in [6, 6.07) is 7.70. The highest BCUT2D eigenvalue weighted by molar-refractivity contribution is 5.76. The number of carbonyl (C=O) groups excluding carboxylic acids is 1. The largest absolute Gasteiger partial charge is 0.399 e. The van der Waals surface area contributed by atoms with Crippen molar-refractivity contribution >= 4 is 11.6 Å². The number of amides is 1. The van der Waals surface area contributed by atoms with Crippen molar-refractivity contribution < 1.29 is 9.90 Å². The van der Waals surface area contributed by atoms with Gasteiger partial charge in [-0.1, -0.05) is 12.1 Å². The molecule has 3 rings (SSSR count). The molecular formula is C16H22N2O2. The number of rotatable bonds is 3. The summed E-state index contributed by atoms with van der Waals surface area (Å²) in [5.41, 5.74) is 7.55. The zero-order valence-corrected chi connectivity index (χ0v) is 11.7. The van der Waals surface area contributed by atoms with Gasteiger partial charge in [0.05, 0.1) is 6.10 Å². The Morgan fingerprint density at radius 1 is 1.25 bits per heavy atom. The summed E-state index contributed by atoms with van der Waals surface area (Å²) in [5.74, 6) is 1.05. The molecule has 0 aromatic heterocycles. The molecule has 1 saturated heterocycles. The van der Waals surface area contributed by atoms with Crippen LogP contribution < -0.4 is 5.73 Å². The second kappa shape index (κ2) is 5.44. The lowest BCUT2D eigenvalue weighted by Gasteiger charge is -2.18. The monoisotopic (exact) mass is 274 g/mol. The van der Waals surface area contributed by atoms with Crippen LogP contribution in [-0.2, 0) is 11.2 Å². The van der Waals surface area contributed by atoms with Gasteiger partial charge < -0.3 is 15.7 Å². The minimum atomic E-state index is -0.199. The van der Waals surface area contributed by atoms with E-state index in [1.165, 1.54) is 0 Å². The van der Waals surface area contributed by atoms with Gasteiger partial charge in [0.2, 0.25) is 5.91 Å². The summed E-state index contributed by atoms with van der Waals surface area (Å²) in [5, 5.41) is 9.88.